The first-order chi connectivity index (χ1) is 11.9. The molecule has 2 aromatic rings. The van der Waals surface area contributed by atoms with Crippen molar-refractivity contribution in [2.24, 2.45) is 0 Å². The van der Waals surface area contributed by atoms with Gasteiger partial charge in [0.25, 0.3) is 0 Å². The van der Waals surface area contributed by atoms with Crippen molar-refractivity contribution in [2.45, 2.75) is 39.5 Å². The SMILES string of the molecule is C=C(C)C(=O)Oc1c2c(c(OC(C)=O)c3cc(Cl)ccc13)CCCC2. The molecule has 0 amide bonds. The Kier molecular flexibility index (Phi) is 4.82. The third-order valence-electron chi connectivity index (χ3n) is 4.28. The number of halogens is 1. The van der Waals surface area contributed by atoms with E-state index in [1.807, 2.05) is 0 Å². The lowest BCUT2D eigenvalue weighted by Gasteiger charge is -2.24. The predicted octanol–water partition coefficient (Wildman–Crippen LogP) is 4.78. The molecule has 0 heterocycles. The Balaban J connectivity index is 2.33. The van der Waals surface area contributed by atoms with E-state index in [1.54, 1.807) is 25.1 Å². The molecular formula is C20H19ClO4. The average Bonchev–Trinajstić information content (AvgIpc) is 2.57. The molecule has 25 heavy (non-hydrogen) atoms. The Morgan fingerprint density at radius 1 is 1.00 bits per heavy atom. The summed E-state index contributed by atoms with van der Waals surface area (Å²) in [6.45, 7) is 6.64. The molecule has 130 valence electrons. The maximum atomic E-state index is 12.1. The largest absolute Gasteiger partial charge is 0.426 e. The maximum absolute atomic E-state index is 12.1. The first-order valence-corrected chi connectivity index (χ1v) is 8.59. The van der Waals surface area contributed by atoms with E-state index in [1.165, 1.54) is 6.92 Å². The highest BCUT2D eigenvalue weighted by Crippen LogP contribution is 2.45. The van der Waals surface area contributed by atoms with Gasteiger partial charge in [-0.25, -0.2) is 4.79 Å². The molecule has 2 aromatic carbocycles. The van der Waals surface area contributed by atoms with Crippen LogP contribution in [0.15, 0.2) is 30.4 Å². The molecule has 0 aromatic heterocycles. The predicted molar refractivity (Wildman–Crippen MR) is 97.4 cm³/mol. The summed E-state index contributed by atoms with van der Waals surface area (Å²) in [7, 11) is 0. The summed E-state index contributed by atoms with van der Waals surface area (Å²) in [5.74, 6) is 0.185. The Hall–Kier alpha value is -2.33. The number of carbonyl (C=O) groups is 2. The van der Waals surface area contributed by atoms with Crippen LogP contribution >= 0.6 is 11.6 Å². The zero-order valence-corrected chi connectivity index (χ0v) is 15.0. The highest BCUT2D eigenvalue weighted by molar-refractivity contribution is 6.31. The van der Waals surface area contributed by atoms with E-state index < -0.39 is 5.97 Å². The van der Waals surface area contributed by atoms with Crippen LogP contribution in [-0.4, -0.2) is 11.9 Å². The van der Waals surface area contributed by atoms with E-state index in [0.717, 1.165) is 36.8 Å². The van der Waals surface area contributed by atoms with Crippen LogP contribution in [0.2, 0.25) is 5.02 Å². The van der Waals surface area contributed by atoms with Crippen molar-refractivity contribution >= 4 is 34.3 Å². The summed E-state index contributed by atoms with van der Waals surface area (Å²) < 4.78 is 11.2. The van der Waals surface area contributed by atoms with Gasteiger partial charge in [0.1, 0.15) is 11.5 Å². The summed E-state index contributed by atoms with van der Waals surface area (Å²) in [5, 5.41) is 1.90. The number of hydrogen-bond donors (Lipinski definition) is 0. The molecule has 0 bridgehead atoms. The van der Waals surface area contributed by atoms with Crippen molar-refractivity contribution in [3.63, 3.8) is 0 Å². The van der Waals surface area contributed by atoms with Crippen LogP contribution in [0.5, 0.6) is 11.5 Å². The van der Waals surface area contributed by atoms with E-state index in [-0.39, 0.29) is 5.97 Å². The molecule has 0 saturated heterocycles. The molecule has 0 radical (unpaired) electrons. The van der Waals surface area contributed by atoms with Gasteiger partial charge in [-0.3, -0.25) is 4.79 Å². The van der Waals surface area contributed by atoms with Gasteiger partial charge in [-0.1, -0.05) is 18.2 Å². The average molecular weight is 359 g/mol. The van der Waals surface area contributed by atoms with Gasteiger partial charge in [0.15, 0.2) is 0 Å². The molecule has 0 N–H and O–H groups in total. The van der Waals surface area contributed by atoms with Gasteiger partial charge in [0.05, 0.1) is 0 Å². The highest BCUT2D eigenvalue weighted by Gasteiger charge is 2.26. The Bertz CT molecular complexity index is 898. The molecule has 4 nitrogen and oxygen atoms in total. The summed E-state index contributed by atoms with van der Waals surface area (Å²) in [5.41, 5.74) is 2.17. The minimum absolute atomic E-state index is 0.329. The molecule has 0 aliphatic heterocycles. The van der Waals surface area contributed by atoms with Gasteiger partial charge in [0, 0.05) is 39.4 Å². The van der Waals surface area contributed by atoms with E-state index in [9.17, 15) is 9.59 Å². The fraction of sp³-hybridized carbons (Fsp3) is 0.300. The molecule has 0 saturated carbocycles. The van der Waals surface area contributed by atoms with Crippen LogP contribution in [0.25, 0.3) is 10.8 Å². The third kappa shape index (κ3) is 3.40. The minimum atomic E-state index is -0.468. The lowest BCUT2D eigenvalue weighted by molar-refractivity contribution is -0.132. The fourth-order valence-corrected chi connectivity index (χ4v) is 3.36. The molecule has 5 heteroatoms. The first-order valence-electron chi connectivity index (χ1n) is 8.21. The lowest BCUT2D eigenvalue weighted by Crippen LogP contribution is -2.15. The lowest BCUT2D eigenvalue weighted by atomic mass is 9.87. The molecule has 1 aliphatic rings. The number of esters is 2. The Labute approximate surface area is 151 Å². The zero-order chi connectivity index (χ0) is 18.1. The van der Waals surface area contributed by atoms with Crippen molar-refractivity contribution in [3.05, 3.63) is 46.5 Å². The number of benzene rings is 2. The number of rotatable bonds is 3. The van der Waals surface area contributed by atoms with Gasteiger partial charge < -0.3 is 9.47 Å². The van der Waals surface area contributed by atoms with Crippen molar-refractivity contribution in [3.8, 4) is 11.5 Å². The van der Waals surface area contributed by atoms with Crippen LogP contribution in [0.4, 0.5) is 0 Å². The fourth-order valence-electron chi connectivity index (χ4n) is 3.19. The maximum Gasteiger partial charge on any atom is 0.338 e. The second-order valence-electron chi connectivity index (χ2n) is 6.28. The van der Waals surface area contributed by atoms with Crippen LogP contribution in [0.1, 0.15) is 37.8 Å². The molecule has 0 spiro atoms. The summed E-state index contributed by atoms with van der Waals surface area (Å²) in [6, 6.07) is 5.26. The summed E-state index contributed by atoms with van der Waals surface area (Å²) >= 11 is 6.16. The van der Waals surface area contributed by atoms with Crippen LogP contribution in [0, 0.1) is 0 Å². The molecular weight excluding hydrogens is 340 g/mol. The molecule has 0 unspecified atom stereocenters. The second kappa shape index (κ2) is 6.89. The number of hydrogen-bond acceptors (Lipinski definition) is 4. The first kappa shape index (κ1) is 17.5. The van der Waals surface area contributed by atoms with Crippen molar-refractivity contribution in [2.75, 3.05) is 0 Å². The topological polar surface area (TPSA) is 52.6 Å². The summed E-state index contributed by atoms with van der Waals surface area (Å²) in [4.78, 5) is 23.8. The molecule has 3 rings (SSSR count). The van der Waals surface area contributed by atoms with Gasteiger partial charge in [0.2, 0.25) is 0 Å². The van der Waals surface area contributed by atoms with E-state index in [2.05, 4.69) is 6.58 Å². The third-order valence-corrected chi connectivity index (χ3v) is 4.51. The van der Waals surface area contributed by atoms with E-state index >= 15 is 0 Å². The van der Waals surface area contributed by atoms with Gasteiger partial charge in [-0.2, -0.15) is 0 Å². The summed E-state index contributed by atoms with van der Waals surface area (Å²) in [6.07, 6.45) is 3.50. The smallest absolute Gasteiger partial charge is 0.338 e. The Morgan fingerprint density at radius 3 is 2.16 bits per heavy atom. The molecule has 0 fully saturated rings. The van der Waals surface area contributed by atoms with Crippen LogP contribution < -0.4 is 9.47 Å². The monoisotopic (exact) mass is 358 g/mol. The van der Waals surface area contributed by atoms with E-state index in [4.69, 9.17) is 21.1 Å². The highest BCUT2D eigenvalue weighted by atomic mass is 35.5. The molecule has 1 aliphatic carbocycles. The molecule has 0 atom stereocenters. The minimum Gasteiger partial charge on any atom is -0.426 e. The quantitative estimate of drug-likeness (QED) is 0.450. The van der Waals surface area contributed by atoms with Gasteiger partial charge >= 0.3 is 11.9 Å². The number of ether oxygens (including phenoxy) is 2. The van der Waals surface area contributed by atoms with Gasteiger partial charge in [-0.05, 0) is 50.8 Å². The van der Waals surface area contributed by atoms with Crippen molar-refractivity contribution in [1.29, 1.82) is 0 Å². The van der Waals surface area contributed by atoms with Crippen LogP contribution in [-0.2, 0) is 22.4 Å². The van der Waals surface area contributed by atoms with Crippen molar-refractivity contribution in [1.82, 2.24) is 0 Å². The van der Waals surface area contributed by atoms with Crippen molar-refractivity contribution < 1.29 is 19.1 Å². The zero-order valence-electron chi connectivity index (χ0n) is 14.3. The van der Waals surface area contributed by atoms with E-state index in [0.29, 0.717) is 32.9 Å². The van der Waals surface area contributed by atoms with Crippen LogP contribution in [0.3, 0.4) is 0 Å². The standard InChI is InChI=1S/C20H19ClO4/c1-11(2)20(23)25-18-14-6-4-5-7-15(14)19(24-12(3)22)17-10-13(21)8-9-16(17)18/h8-10H,1,4-7H2,2-3H3. The Morgan fingerprint density at radius 2 is 1.60 bits per heavy atom. The van der Waals surface area contributed by atoms with Gasteiger partial charge in [-0.15, -0.1) is 0 Å². The normalized spacial score (nSPS) is 13.2. The second-order valence-corrected chi connectivity index (χ2v) is 6.71. The number of carbonyl (C=O) groups excluding carboxylic acids is 2. The number of fused-ring (bicyclic) bond motifs is 2.